The Morgan fingerprint density at radius 1 is 1.25 bits per heavy atom. The lowest BCUT2D eigenvalue weighted by Crippen LogP contribution is -2.04. The molecule has 0 saturated heterocycles. The van der Waals surface area contributed by atoms with Gasteiger partial charge in [-0.3, -0.25) is 0 Å². The van der Waals surface area contributed by atoms with Crippen LogP contribution in [0.2, 0.25) is 5.15 Å². The Bertz CT molecular complexity index is 617. The van der Waals surface area contributed by atoms with Gasteiger partial charge in [0.15, 0.2) is 5.82 Å². The van der Waals surface area contributed by atoms with Crippen molar-refractivity contribution >= 4 is 34.2 Å². The van der Waals surface area contributed by atoms with Crippen molar-refractivity contribution in [2.75, 3.05) is 7.11 Å². The third kappa shape index (κ3) is 3.30. The van der Waals surface area contributed by atoms with Gasteiger partial charge in [0, 0.05) is 12.7 Å². The van der Waals surface area contributed by atoms with Gasteiger partial charge in [-0.2, -0.15) is 0 Å². The summed E-state index contributed by atoms with van der Waals surface area (Å²) in [6.45, 7) is 4.73. The minimum absolute atomic E-state index is 0.302. The normalized spacial score (nSPS) is 11.1. The van der Waals surface area contributed by atoms with E-state index in [9.17, 15) is 0 Å². The van der Waals surface area contributed by atoms with Crippen LogP contribution in [0.15, 0.2) is 24.3 Å². The largest absolute Gasteiger partial charge is 0.380 e. The molecule has 2 rings (SSSR count). The fourth-order valence-electron chi connectivity index (χ4n) is 1.96. The third-order valence-corrected chi connectivity index (χ3v) is 4.60. The van der Waals surface area contributed by atoms with E-state index in [1.165, 1.54) is 0 Å². The van der Waals surface area contributed by atoms with Gasteiger partial charge in [-0.05, 0) is 34.1 Å². The summed E-state index contributed by atoms with van der Waals surface area (Å²) in [7, 11) is 1.68. The highest BCUT2D eigenvalue weighted by atomic mass is 127. The first-order valence-corrected chi connectivity index (χ1v) is 7.80. The first kappa shape index (κ1) is 15.7. The summed E-state index contributed by atoms with van der Waals surface area (Å²) in [5, 5.41) is 0.506. The Balaban J connectivity index is 2.59. The zero-order chi connectivity index (χ0) is 14.7. The smallest absolute Gasteiger partial charge is 0.161 e. The van der Waals surface area contributed by atoms with Crippen LogP contribution in [0.25, 0.3) is 11.4 Å². The van der Waals surface area contributed by atoms with E-state index in [0.29, 0.717) is 23.5 Å². The fraction of sp³-hybridized carbons (Fsp3) is 0.333. The molecule has 1 aromatic heterocycles. The molecule has 0 fully saturated rings. The van der Waals surface area contributed by atoms with Gasteiger partial charge in [0.25, 0.3) is 0 Å². The molecule has 1 aromatic carbocycles. The van der Waals surface area contributed by atoms with Crippen LogP contribution in [0.3, 0.4) is 0 Å². The van der Waals surface area contributed by atoms with Gasteiger partial charge in [-0.15, -0.1) is 0 Å². The number of hydrogen-bond donors (Lipinski definition) is 0. The second-order valence-corrected chi connectivity index (χ2v) is 6.22. The number of hydrogen-bond acceptors (Lipinski definition) is 3. The van der Waals surface area contributed by atoms with Gasteiger partial charge >= 0.3 is 0 Å². The first-order valence-electron chi connectivity index (χ1n) is 6.34. The van der Waals surface area contributed by atoms with Gasteiger partial charge in [-0.1, -0.05) is 49.7 Å². The minimum atomic E-state index is 0.302. The van der Waals surface area contributed by atoms with Crippen LogP contribution in [-0.2, 0) is 11.3 Å². The van der Waals surface area contributed by atoms with E-state index in [-0.39, 0.29) is 0 Å². The van der Waals surface area contributed by atoms with E-state index in [0.717, 1.165) is 20.4 Å². The molecule has 0 saturated carbocycles. The molecule has 0 bridgehead atoms. The number of aromatic nitrogens is 2. The molecule has 106 valence electrons. The van der Waals surface area contributed by atoms with E-state index in [4.69, 9.17) is 16.3 Å². The van der Waals surface area contributed by atoms with Crippen LogP contribution >= 0.6 is 34.2 Å². The van der Waals surface area contributed by atoms with E-state index in [2.05, 4.69) is 46.4 Å². The summed E-state index contributed by atoms with van der Waals surface area (Å²) in [6, 6.07) is 7.97. The molecule has 0 unspecified atom stereocenters. The number of methoxy groups -OCH3 is 1. The van der Waals surface area contributed by atoms with Gasteiger partial charge in [0.2, 0.25) is 0 Å². The summed E-state index contributed by atoms with van der Waals surface area (Å²) in [6.07, 6.45) is 0. The quantitative estimate of drug-likeness (QED) is 0.550. The van der Waals surface area contributed by atoms with Crippen molar-refractivity contribution in [3.05, 3.63) is 44.2 Å². The zero-order valence-corrected chi connectivity index (χ0v) is 14.6. The summed E-state index contributed by atoms with van der Waals surface area (Å²) in [4.78, 5) is 9.11. The molecule has 20 heavy (non-hydrogen) atoms. The third-order valence-electron chi connectivity index (χ3n) is 2.94. The van der Waals surface area contributed by atoms with Gasteiger partial charge < -0.3 is 4.74 Å². The number of rotatable bonds is 4. The van der Waals surface area contributed by atoms with Gasteiger partial charge in [0.05, 0.1) is 15.9 Å². The van der Waals surface area contributed by atoms with Crippen molar-refractivity contribution in [3.8, 4) is 11.4 Å². The molecule has 0 atom stereocenters. The highest BCUT2D eigenvalue weighted by Gasteiger charge is 2.16. The predicted molar refractivity (Wildman–Crippen MR) is 90.0 cm³/mol. The Hall–Kier alpha value is -0.720. The molecule has 0 amide bonds. The molecule has 3 nitrogen and oxygen atoms in total. The number of halogens is 2. The summed E-state index contributed by atoms with van der Waals surface area (Å²) in [5.74, 6) is 0.961. The SMILES string of the molecule is COCc1ccccc1-c1nc(Cl)c(I)c(C(C)C)n1. The monoisotopic (exact) mass is 402 g/mol. The lowest BCUT2D eigenvalue weighted by molar-refractivity contribution is 0.185. The van der Waals surface area contributed by atoms with Crippen LogP contribution in [0, 0.1) is 3.57 Å². The average molecular weight is 403 g/mol. The number of benzene rings is 1. The van der Waals surface area contributed by atoms with Gasteiger partial charge in [0.1, 0.15) is 5.15 Å². The predicted octanol–water partition coefficient (Wildman–Crippen LogP) is 4.67. The van der Waals surface area contributed by atoms with Crippen molar-refractivity contribution in [2.45, 2.75) is 26.4 Å². The summed E-state index contributed by atoms with van der Waals surface area (Å²) in [5.41, 5.74) is 3.00. The molecule has 0 N–H and O–H groups in total. The maximum Gasteiger partial charge on any atom is 0.161 e. The average Bonchev–Trinajstić information content (AvgIpc) is 2.42. The maximum absolute atomic E-state index is 6.25. The second-order valence-electron chi connectivity index (χ2n) is 4.78. The topological polar surface area (TPSA) is 35.0 Å². The molecule has 1 heterocycles. The van der Waals surface area contributed by atoms with Crippen molar-refractivity contribution < 1.29 is 4.74 Å². The van der Waals surface area contributed by atoms with Crippen molar-refractivity contribution in [1.29, 1.82) is 0 Å². The standard InChI is InChI=1S/C15H16ClIN2O/c1-9(2)13-12(17)14(16)19-15(18-13)11-7-5-4-6-10(11)8-20-3/h4-7,9H,8H2,1-3H3. The molecular formula is C15H16ClIN2O. The molecule has 0 aliphatic carbocycles. The molecular weight excluding hydrogens is 387 g/mol. The summed E-state index contributed by atoms with van der Waals surface area (Å²) < 4.78 is 6.16. The molecule has 0 aliphatic heterocycles. The highest BCUT2D eigenvalue weighted by molar-refractivity contribution is 14.1. The van der Waals surface area contributed by atoms with Crippen LogP contribution in [-0.4, -0.2) is 17.1 Å². The highest BCUT2D eigenvalue weighted by Crippen LogP contribution is 2.29. The van der Waals surface area contributed by atoms with Crippen molar-refractivity contribution in [3.63, 3.8) is 0 Å². The second kappa shape index (κ2) is 6.83. The lowest BCUT2D eigenvalue weighted by atomic mass is 10.1. The van der Waals surface area contributed by atoms with Crippen LogP contribution in [0.1, 0.15) is 31.0 Å². The van der Waals surface area contributed by atoms with Crippen molar-refractivity contribution in [1.82, 2.24) is 9.97 Å². The van der Waals surface area contributed by atoms with E-state index < -0.39 is 0 Å². The van der Waals surface area contributed by atoms with Crippen LogP contribution in [0.4, 0.5) is 0 Å². The summed E-state index contributed by atoms with van der Waals surface area (Å²) >= 11 is 8.45. The Morgan fingerprint density at radius 3 is 2.60 bits per heavy atom. The van der Waals surface area contributed by atoms with E-state index in [1.807, 2.05) is 24.3 Å². The van der Waals surface area contributed by atoms with E-state index >= 15 is 0 Å². The molecule has 0 radical (unpaired) electrons. The maximum atomic E-state index is 6.25. The Labute approximate surface area is 137 Å². The minimum Gasteiger partial charge on any atom is -0.380 e. The molecule has 0 aliphatic rings. The van der Waals surface area contributed by atoms with Gasteiger partial charge in [-0.25, -0.2) is 9.97 Å². The molecule has 2 aromatic rings. The Morgan fingerprint density at radius 2 is 1.95 bits per heavy atom. The zero-order valence-electron chi connectivity index (χ0n) is 11.7. The number of nitrogens with zero attached hydrogens (tertiary/aromatic N) is 2. The fourth-order valence-corrected chi connectivity index (χ4v) is 3.00. The van der Waals surface area contributed by atoms with E-state index in [1.54, 1.807) is 7.11 Å². The number of ether oxygens (including phenoxy) is 1. The lowest BCUT2D eigenvalue weighted by Gasteiger charge is -2.13. The van der Waals surface area contributed by atoms with Crippen LogP contribution < -0.4 is 0 Å². The molecule has 5 heteroatoms. The van der Waals surface area contributed by atoms with Crippen LogP contribution in [0.5, 0.6) is 0 Å². The first-order chi connectivity index (χ1) is 9.54. The molecule has 0 spiro atoms. The van der Waals surface area contributed by atoms with Crippen molar-refractivity contribution in [2.24, 2.45) is 0 Å². The Kier molecular flexibility index (Phi) is 5.35.